The molecule has 1 heterocycles. The van der Waals surface area contributed by atoms with Gasteiger partial charge in [0.25, 0.3) is 0 Å². The van der Waals surface area contributed by atoms with Crippen LogP contribution in [0.5, 0.6) is 0 Å². The summed E-state index contributed by atoms with van der Waals surface area (Å²) < 4.78 is 32.3. The van der Waals surface area contributed by atoms with E-state index < -0.39 is 10.0 Å². The number of nitrogens with zero attached hydrogens (tertiary/aromatic N) is 1. The molecule has 0 atom stereocenters. The van der Waals surface area contributed by atoms with Crippen LogP contribution in [0.4, 0.5) is 0 Å². The average molecular weight is 332 g/mol. The Balaban J connectivity index is 2.20. The van der Waals surface area contributed by atoms with Gasteiger partial charge in [0.05, 0.1) is 4.90 Å². The maximum absolute atomic E-state index is 12.8. The van der Waals surface area contributed by atoms with Crippen LogP contribution >= 0.6 is 11.6 Å². The summed E-state index contributed by atoms with van der Waals surface area (Å²) in [5, 5.41) is 0. The van der Waals surface area contributed by atoms with Crippen molar-refractivity contribution in [3.05, 3.63) is 29.3 Å². The smallest absolute Gasteiger partial charge is 0.243 e. The fraction of sp³-hybridized carbons (Fsp3) is 0.600. The zero-order chi connectivity index (χ0) is 15.5. The minimum Gasteiger partial charge on any atom is -0.384 e. The van der Waals surface area contributed by atoms with Gasteiger partial charge in [0.15, 0.2) is 0 Å². The van der Waals surface area contributed by atoms with Gasteiger partial charge >= 0.3 is 0 Å². The number of piperidine rings is 1. The average Bonchev–Trinajstić information content (AvgIpc) is 2.48. The maximum atomic E-state index is 12.8. The number of halogens is 1. The molecule has 1 fully saturated rings. The van der Waals surface area contributed by atoms with Crippen molar-refractivity contribution in [1.82, 2.24) is 4.31 Å². The van der Waals surface area contributed by atoms with Gasteiger partial charge in [-0.1, -0.05) is 12.1 Å². The first-order chi connectivity index (χ1) is 10.0. The maximum Gasteiger partial charge on any atom is 0.243 e. The normalized spacial score (nSPS) is 18.0. The lowest BCUT2D eigenvalue weighted by atomic mass is 9.99. The Morgan fingerprint density at radius 1 is 1.33 bits per heavy atom. The summed E-state index contributed by atoms with van der Waals surface area (Å²) in [7, 11) is -1.75. The lowest BCUT2D eigenvalue weighted by Gasteiger charge is -2.31. The summed E-state index contributed by atoms with van der Waals surface area (Å²) in [4.78, 5) is 0.380. The molecule has 118 valence electrons. The van der Waals surface area contributed by atoms with Crippen molar-refractivity contribution in [3.8, 4) is 0 Å². The van der Waals surface area contributed by atoms with E-state index in [1.165, 1.54) is 0 Å². The fourth-order valence-corrected chi connectivity index (χ4v) is 4.80. The van der Waals surface area contributed by atoms with Crippen LogP contribution in [0.1, 0.15) is 24.0 Å². The molecule has 0 spiro atoms. The monoisotopic (exact) mass is 331 g/mol. The van der Waals surface area contributed by atoms with Crippen molar-refractivity contribution in [2.75, 3.05) is 26.8 Å². The van der Waals surface area contributed by atoms with E-state index >= 15 is 0 Å². The third kappa shape index (κ3) is 3.59. The predicted molar refractivity (Wildman–Crippen MR) is 84.1 cm³/mol. The van der Waals surface area contributed by atoms with Crippen molar-refractivity contribution >= 4 is 21.6 Å². The summed E-state index contributed by atoms with van der Waals surface area (Å²) in [6.07, 6.45) is 1.70. The summed E-state index contributed by atoms with van der Waals surface area (Å²) >= 11 is 5.87. The van der Waals surface area contributed by atoms with E-state index in [2.05, 4.69) is 0 Å². The van der Waals surface area contributed by atoms with E-state index in [-0.39, 0.29) is 0 Å². The molecule has 6 heteroatoms. The second-order valence-corrected chi connectivity index (χ2v) is 7.65. The molecule has 0 bridgehead atoms. The number of rotatable bonds is 5. The molecule has 0 N–H and O–H groups in total. The van der Waals surface area contributed by atoms with E-state index in [9.17, 15) is 8.42 Å². The van der Waals surface area contributed by atoms with Gasteiger partial charge in [0, 0.05) is 32.7 Å². The SMILES string of the molecule is COCC1CCN(S(=O)(=O)c2cccc(CCl)c2C)CC1. The summed E-state index contributed by atoms with van der Waals surface area (Å²) in [6.45, 7) is 3.64. The highest BCUT2D eigenvalue weighted by atomic mass is 35.5. The molecular weight excluding hydrogens is 310 g/mol. The number of hydrogen-bond acceptors (Lipinski definition) is 3. The minimum absolute atomic E-state index is 0.325. The molecule has 0 saturated carbocycles. The van der Waals surface area contributed by atoms with Crippen LogP contribution in [0.15, 0.2) is 23.1 Å². The molecule has 0 unspecified atom stereocenters. The Kier molecular flexibility index (Phi) is 5.66. The molecular formula is C15H22ClNO3S. The Labute approximate surface area is 132 Å². The lowest BCUT2D eigenvalue weighted by molar-refractivity contribution is 0.121. The first-order valence-electron chi connectivity index (χ1n) is 7.14. The number of methoxy groups -OCH3 is 1. The lowest BCUT2D eigenvalue weighted by Crippen LogP contribution is -2.39. The van der Waals surface area contributed by atoms with Crippen molar-refractivity contribution in [2.24, 2.45) is 5.92 Å². The Morgan fingerprint density at radius 3 is 2.57 bits per heavy atom. The highest BCUT2D eigenvalue weighted by molar-refractivity contribution is 7.89. The Hall–Kier alpha value is -0.620. The summed E-state index contributed by atoms with van der Waals surface area (Å²) in [6, 6.07) is 5.30. The Bertz CT molecular complexity index is 581. The number of ether oxygens (including phenoxy) is 1. The van der Waals surface area contributed by atoms with Crippen LogP contribution in [0.25, 0.3) is 0 Å². The topological polar surface area (TPSA) is 46.6 Å². The van der Waals surface area contributed by atoms with Crippen molar-refractivity contribution in [3.63, 3.8) is 0 Å². The van der Waals surface area contributed by atoms with Gasteiger partial charge in [-0.2, -0.15) is 4.31 Å². The van der Waals surface area contributed by atoms with Crippen molar-refractivity contribution < 1.29 is 13.2 Å². The van der Waals surface area contributed by atoms with E-state index in [1.54, 1.807) is 23.5 Å². The van der Waals surface area contributed by atoms with Crippen LogP contribution in [0, 0.1) is 12.8 Å². The van der Waals surface area contributed by atoms with Gasteiger partial charge in [-0.3, -0.25) is 0 Å². The largest absolute Gasteiger partial charge is 0.384 e. The first kappa shape index (κ1) is 16.7. The minimum atomic E-state index is -3.43. The van der Waals surface area contributed by atoms with E-state index in [0.717, 1.165) is 24.0 Å². The van der Waals surface area contributed by atoms with Crippen molar-refractivity contribution in [1.29, 1.82) is 0 Å². The molecule has 4 nitrogen and oxygen atoms in total. The fourth-order valence-electron chi connectivity index (χ4n) is 2.78. The van der Waals surface area contributed by atoms with Crippen molar-refractivity contribution in [2.45, 2.75) is 30.5 Å². The highest BCUT2D eigenvalue weighted by Crippen LogP contribution is 2.27. The van der Waals surface area contributed by atoms with Gasteiger partial charge in [-0.15, -0.1) is 11.6 Å². The van der Waals surface area contributed by atoms with Gasteiger partial charge in [0.1, 0.15) is 0 Å². The summed E-state index contributed by atoms with van der Waals surface area (Å²) in [5.74, 6) is 0.780. The van der Waals surface area contributed by atoms with Crippen LogP contribution in [-0.2, 0) is 20.6 Å². The molecule has 21 heavy (non-hydrogen) atoms. The Morgan fingerprint density at radius 2 is 2.00 bits per heavy atom. The van der Waals surface area contributed by atoms with E-state index in [1.807, 2.05) is 13.0 Å². The van der Waals surface area contributed by atoms with E-state index in [0.29, 0.717) is 36.4 Å². The third-order valence-corrected chi connectivity index (χ3v) is 6.46. The van der Waals surface area contributed by atoms with Crippen LogP contribution < -0.4 is 0 Å². The van der Waals surface area contributed by atoms with Gasteiger partial charge in [-0.05, 0) is 42.9 Å². The zero-order valence-electron chi connectivity index (χ0n) is 12.5. The number of hydrogen-bond donors (Lipinski definition) is 0. The molecule has 1 aromatic rings. The molecule has 1 aromatic carbocycles. The molecule has 0 amide bonds. The number of sulfonamides is 1. The van der Waals surface area contributed by atoms with Gasteiger partial charge < -0.3 is 4.74 Å². The van der Waals surface area contributed by atoms with Crippen LogP contribution in [-0.4, -0.2) is 39.5 Å². The van der Waals surface area contributed by atoms with Gasteiger partial charge in [0.2, 0.25) is 10.0 Å². The molecule has 1 saturated heterocycles. The number of benzene rings is 1. The predicted octanol–water partition coefficient (Wildman–Crippen LogP) is 2.78. The second-order valence-electron chi connectivity index (χ2n) is 5.48. The summed E-state index contributed by atoms with van der Waals surface area (Å²) in [5.41, 5.74) is 1.62. The first-order valence-corrected chi connectivity index (χ1v) is 9.11. The highest BCUT2D eigenvalue weighted by Gasteiger charge is 2.30. The molecule has 0 aliphatic carbocycles. The molecule has 1 aliphatic heterocycles. The standard InChI is InChI=1S/C15H22ClNO3S/c1-12-14(10-16)4-3-5-15(12)21(18,19)17-8-6-13(7-9-17)11-20-2/h3-5,13H,6-11H2,1-2H3. The number of alkyl halides is 1. The third-order valence-electron chi connectivity index (χ3n) is 4.13. The second kappa shape index (κ2) is 7.09. The molecule has 0 aromatic heterocycles. The molecule has 2 rings (SSSR count). The molecule has 0 radical (unpaired) electrons. The quantitative estimate of drug-likeness (QED) is 0.779. The van der Waals surface area contributed by atoms with Gasteiger partial charge in [-0.25, -0.2) is 8.42 Å². The van der Waals surface area contributed by atoms with E-state index in [4.69, 9.17) is 16.3 Å². The zero-order valence-corrected chi connectivity index (χ0v) is 14.1. The van der Waals surface area contributed by atoms with Crippen LogP contribution in [0.2, 0.25) is 0 Å². The molecule has 1 aliphatic rings. The van der Waals surface area contributed by atoms with Crippen LogP contribution in [0.3, 0.4) is 0 Å².